The van der Waals surface area contributed by atoms with E-state index < -0.39 is 27.7 Å². The zero-order valence-corrected chi connectivity index (χ0v) is 10.1. The molecule has 0 aliphatic rings. The fourth-order valence-corrected chi connectivity index (χ4v) is 1.39. The molecule has 0 saturated carbocycles. The molecule has 1 aromatic carbocycles. The van der Waals surface area contributed by atoms with Crippen LogP contribution in [0.3, 0.4) is 0 Å². The van der Waals surface area contributed by atoms with Crippen LogP contribution in [0, 0.1) is 11.6 Å². The quantitative estimate of drug-likeness (QED) is 0.583. The number of benzene rings is 1. The van der Waals surface area contributed by atoms with E-state index in [0.717, 1.165) is 18.3 Å². The second-order valence-corrected chi connectivity index (χ2v) is 6.20. The Morgan fingerprint density at radius 2 is 1.94 bits per heavy atom. The molecule has 1 aromatic rings. The van der Waals surface area contributed by atoms with Crippen molar-refractivity contribution >= 4 is 17.6 Å². The Bertz CT molecular complexity index is 401. The smallest absolute Gasteiger partial charge is 0.144 e. The number of halogens is 2. The molecule has 2 nitrogen and oxygen atoms in total. The Morgan fingerprint density at radius 3 is 2.44 bits per heavy atom. The summed E-state index contributed by atoms with van der Waals surface area (Å²) < 4.78 is 40.5. The maximum absolute atomic E-state index is 13.2. The van der Waals surface area contributed by atoms with Gasteiger partial charge in [0.05, 0.1) is 6.21 Å². The highest BCUT2D eigenvalue weighted by Gasteiger charge is 2.25. The molecule has 0 fully saturated rings. The standard InChI is InChI=1S/C11H13F2NOS/c1-11(2,3)16(15)14-7-8-4-5-9(12)6-10(8)13/h4-7H,1-3H3/b14-7+. The average Bonchev–Trinajstić information content (AvgIpc) is 2.14. The van der Waals surface area contributed by atoms with Crippen LogP contribution in [-0.2, 0) is 11.4 Å². The molecule has 0 saturated heterocycles. The van der Waals surface area contributed by atoms with E-state index in [1.165, 1.54) is 6.07 Å². The number of hydrogen-bond acceptors (Lipinski definition) is 2. The predicted molar refractivity (Wildman–Crippen MR) is 61.8 cm³/mol. The summed E-state index contributed by atoms with van der Waals surface area (Å²) in [6.45, 7) is 5.30. The van der Waals surface area contributed by atoms with Crippen molar-refractivity contribution in [1.82, 2.24) is 0 Å². The van der Waals surface area contributed by atoms with E-state index in [2.05, 4.69) is 4.40 Å². The lowest BCUT2D eigenvalue weighted by molar-refractivity contribution is 0.561. The van der Waals surface area contributed by atoms with E-state index in [9.17, 15) is 13.3 Å². The highest BCUT2D eigenvalue weighted by molar-refractivity contribution is 7.91. The third-order valence-corrected chi connectivity index (χ3v) is 3.12. The van der Waals surface area contributed by atoms with Gasteiger partial charge in [0.15, 0.2) is 0 Å². The normalized spacial score (nSPS) is 14.4. The molecule has 0 spiro atoms. The van der Waals surface area contributed by atoms with Crippen molar-refractivity contribution < 1.29 is 13.3 Å². The van der Waals surface area contributed by atoms with Crippen LogP contribution in [0.5, 0.6) is 0 Å². The van der Waals surface area contributed by atoms with E-state index in [4.69, 9.17) is 0 Å². The Labute approximate surface area is 96.7 Å². The largest absolute Gasteiger partial charge is 0.591 e. The molecular formula is C11H13F2NOS. The lowest BCUT2D eigenvalue weighted by atomic mass is 10.2. The SMILES string of the molecule is CC(C)(C)[S+]([O-])/N=C/c1ccc(F)cc1F. The molecule has 0 radical (unpaired) electrons. The summed E-state index contributed by atoms with van der Waals surface area (Å²) in [5, 5.41) is 0. The molecule has 0 aliphatic heterocycles. The van der Waals surface area contributed by atoms with Gasteiger partial charge in [0.1, 0.15) is 27.7 Å². The molecule has 1 atom stereocenters. The lowest BCUT2D eigenvalue weighted by Gasteiger charge is -2.17. The topological polar surface area (TPSA) is 35.4 Å². The van der Waals surface area contributed by atoms with Gasteiger partial charge >= 0.3 is 0 Å². The zero-order chi connectivity index (χ0) is 12.3. The predicted octanol–water partition coefficient (Wildman–Crippen LogP) is 2.85. The van der Waals surface area contributed by atoms with Gasteiger partial charge in [-0.3, -0.25) is 0 Å². The average molecular weight is 245 g/mol. The van der Waals surface area contributed by atoms with Crippen LogP contribution >= 0.6 is 0 Å². The summed E-state index contributed by atoms with van der Waals surface area (Å²) in [4.78, 5) is 0. The van der Waals surface area contributed by atoms with Crippen LogP contribution in [0.2, 0.25) is 0 Å². The van der Waals surface area contributed by atoms with Gasteiger partial charge in [0.2, 0.25) is 0 Å². The Balaban J connectivity index is 2.85. The zero-order valence-electron chi connectivity index (χ0n) is 9.33. The van der Waals surface area contributed by atoms with E-state index in [1.807, 2.05) is 0 Å². The third-order valence-electron chi connectivity index (χ3n) is 1.77. The monoisotopic (exact) mass is 245 g/mol. The Morgan fingerprint density at radius 1 is 1.31 bits per heavy atom. The molecule has 0 heterocycles. The number of hydrogen-bond donors (Lipinski definition) is 0. The molecule has 88 valence electrons. The second-order valence-electron chi connectivity index (χ2n) is 4.26. The summed E-state index contributed by atoms with van der Waals surface area (Å²) in [5.74, 6) is -1.36. The molecule has 16 heavy (non-hydrogen) atoms. The fourth-order valence-electron chi connectivity index (χ4n) is 0.869. The fraction of sp³-hybridized carbons (Fsp3) is 0.364. The Kier molecular flexibility index (Phi) is 4.04. The van der Waals surface area contributed by atoms with Crippen molar-refractivity contribution in [3.63, 3.8) is 0 Å². The molecule has 0 aromatic heterocycles. The minimum atomic E-state index is -1.44. The molecule has 5 heteroatoms. The van der Waals surface area contributed by atoms with Crippen LogP contribution in [0.4, 0.5) is 8.78 Å². The van der Waals surface area contributed by atoms with Gasteiger partial charge in [0, 0.05) is 11.6 Å². The van der Waals surface area contributed by atoms with Gasteiger partial charge in [-0.2, -0.15) is 0 Å². The van der Waals surface area contributed by atoms with Crippen molar-refractivity contribution in [1.29, 1.82) is 0 Å². The summed E-state index contributed by atoms with van der Waals surface area (Å²) in [7, 11) is 0. The van der Waals surface area contributed by atoms with Crippen molar-refractivity contribution in [2.45, 2.75) is 25.5 Å². The molecule has 1 unspecified atom stereocenters. The van der Waals surface area contributed by atoms with Crippen LogP contribution < -0.4 is 0 Å². The van der Waals surface area contributed by atoms with Crippen LogP contribution in [0.25, 0.3) is 0 Å². The maximum Gasteiger partial charge on any atom is 0.144 e. The van der Waals surface area contributed by atoms with Gasteiger partial charge in [-0.1, -0.05) is 4.40 Å². The van der Waals surface area contributed by atoms with Crippen molar-refractivity contribution in [2.24, 2.45) is 4.40 Å². The minimum absolute atomic E-state index is 0.124. The first-order valence-corrected chi connectivity index (χ1v) is 5.82. The van der Waals surface area contributed by atoms with Crippen LogP contribution in [-0.4, -0.2) is 15.5 Å². The van der Waals surface area contributed by atoms with Gasteiger partial charge in [-0.25, -0.2) is 8.78 Å². The van der Waals surface area contributed by atoms with Crippen LogP contribution in [0.15, 0.2) is 22.6 Å². The first-order valence-electron chi connectivity index (χ1n) is 4.72. The van der Waals surface area contributed by atoms with Crippen molar-refractivity contribution in [2.75, 3.05) is 0 Å². The second kappa shape index (κ2) is 4.93. The van der Waals surface area contributed by atoms with E-state index in [0.29, 0.717) is 0 Å². The summed E-state index contributed by atoms with van der Waals surface area (Å²) >= 11 is -1.44. The first kappa shape index (κ1) is 13.1. The molecule has 0 amide bonds. The van der Waals surface area contributed by atoms with E-state index in [1.54, 1.807) is 20.8 Å². The number of nitrogens with zero attached hydrogens (tertiary/aromatic N) is 1. The van der Waals surface area contributed by atoms with Gasteiger partial charge in [0.25, 0.3) is 0 Å². The van der Waals surface area contributed by atoms with Crippen molar-refractivity contribution in [3.8, 4) is 0 Å². The maximum atomic E-state index is 13.2. The Hall–Kier alpha value is -0.940. The molecule has 0 bridgehead atoms. The van der Waals surface area contributed by atoms with Gasteiger partial charge < -0.3 is 4.55 Å². The van der Waals surface area contributed by atoms with Gasteiger partial charge in [-0.15, -0.1) is 0 Å². The molecular weight excluding hydrogens is 232 g/mol. The van der Waals surface area contributed by atoms with E-state index >= 15 is 0 Å². The summed E-state index contributed by atoms with van der Waals surface area (Å²) in [6, 6.07) is 3.15. The minimum Gasteiger partial charge on any atom is -0.591 e. The molecule has 0 aliphatic carbocycles. The van der Waals surface area contributed by atoms with E-state index in [-0.39, 0.29) is 5.56 Å². The first-order chi connectivity index (χ1) is 7.30. The van der Waals surface area contributed by atoms with Crippen LogP contribution in [0.1, 0.15) is 26.3 Å². The number of rotatable bonds is 2. The summed E-state index contributed by atoms with van der Waals surface area (Å²) in [6.07, 6.45) is 1.16. The third kappa shape index (κ3) is 3.57. The summed E-state index contributed by atoms with van der Waals surface area (Å²) in [5.41, 5.74) is 0.124. The highest BCUT2D eigenvalue weighted by atomic mass is 32.2. The van der Waals surface area contributed by atoms with Gasteiger partial charge in [-0.05, 0) is 32.9 Å². The molecule has 1 rings (SSSR count). The highest BCUT2D eigenvalue weighted by Crippen LogP contribution is 2.17. The lowest BCUT2D eigenvalue weighted by Crippen LogP contribution is -2.25. The molecule has 0 N–H and O–H groups in total. The van der Waals surface area contributed by atoms with Crippen molar-refractivity contribution in [3.05, 3.63) is 35.4 Å².